The minimum absolute atomic E-state index is 0.145. The highest BCUT2D eigenvalue weighted by molar-refractivity contribution is 7.89. The van der Waals surface area contributed by atoms with Gasteiger partial charge in [0.2, 0.25) is 10.0 Å². The van der Waals surface area contributed by atoms with E-state index >= 15 is 0 Å². The molecular formula is C20H24N2O5S2. The second kappa shape index (κ2) is 9.06. The highest BCUT2D eigenvalue weighted by atomic mass is 32.2. The largest absolute Gasteiger partial charge is 0.451 e. The highest BCUT2D eigenvalue weighted by Crippen LogP contribution is 2.25. The summed E-state index contributed by atoms with van der Waals surface area (Å²) in [7, 11) is -3.60. The Morgan fingerprint density at radius 2 is 1.83 bits per heavy atom. The van der Waals surface area contributed by atoms with Crippen LogP contribution in [0.15, 0.2) is 34.5 Å². The fourth-order valence-corrected chi connectivity index (χ4v) is 5.48. The topological polar surface area (TPSA) is 92.8 Å². The van der Waals surface area contributed by atoms with Crippen LogP contribution in [-0.2, 0) is 19.6 Å². The smallest absolute Gasteiger partial charge is 0.349 e. The van der Waals surface area contributed by atoms with Crippen molar-refractivity contribution in [3.05, 3.63) is 45.6 Å². The van der Waals surface area contributed by atoms with Crippen molar-refractivity contribution in [2.24, 2.45) is 0 Å². The van der Waals surface area contributed by atoms with E-state index < -0.39 is 28.5 Å². The molecule has 1 aromatic carbocycles. The van der Waals surface area contributed by atoms with Crippen LogP contribution in [0.25, 0.3) is 0 Å². The van der Waals surface area contributed by atoms with Crippen molar-refractivity contribution in [1.29, 1.82) is 0 Å². The molecule has 2 heterocycles. The Bertz CT molecular complexity index is 1010. The standard InChI is InChI=1S/C20H24N2O5S2/c1-14-6-7-16(29(25,26)22-9-4-3-5-10-22)12-17(14)21-18(23)13-27-20(24)19-15(2)8-11-28-19/h6-8,11-12H,3-5,9-10,13H2,1-2H3,(H,21,23). The van der Waals surface area contributed by atoms with Gasteiger partial charge < -0.3 is 10.1 Å². The number of anilines is 1. The Labute approximate surface area is 174 Å². The molecule has 9 heteroatoms. The molecule has 0 saturated carbocycles. The number of nitrogens with zero attached hydrogens (tertiary/aromatic N) is 1. The number of benzene rings is 1. The molecular weight excluding hydrogens is 412 g/mol. The third-order valence-electron chi connectivity index (χ3n) is 4.82. The summed E-state index contributed by atoms with van der Waals surface area (Å²) in [4.78, 5) is 24.9. The molecule has 0 spiro atoms. The zero-order chi connectivity index (χ0) is 21.0. The van der Waals surface area contributed by atoms with Gasteiger partial charge in [-0.2, -0.15) is 4.31 Å². The van der Waals surface area contributed by atoms with Crippen LogP contribution in [0.2, 0.25) is 0 Å². The third-order valence-corrected chi connectivity index (χ3v) is 7.71. The minimum atomic E-state index is -3.60. The highest BCUT2D eigenvalue weighted by Gasteiger charge is 2.26. The number of hydrogen-bond donors (Lipinski definition) is 1. The van der Waals surface area contributed by atoms with Gasteiger partial charge in [-0.25, -0.2) is 13.2 Å². The first-order valence-corrected chi connectivity index (χ1v) is 11.7. The van der Waals surface area contributed by atoms with Crippen LogP contribution in [-0.4, -0.2) is 44.3 Å². The maximum absolute atomic E-state index is 12.9. The lowest BCUT2D eigenvalue weighted by Crippen LogP contribution is -2.35. The van der Waals surface area contributed by atoms with Crippen LogP contribution in [0, 0.1) is 13.8 Å². The van der Waals surface area contributed by atoms with E-state index in [0.29, 0.717) is 23.7 Å². The monoisotopic (exact) mass is 436 g/mol. The van der Waals surface area contributed by atoms with Gasteiger partial charge in [0, 0.05) is 18.8 Å². The number of sulfonamides is 1. The Morgan fingerprint density at radius 1 is 1.10 bits per heavy atom. The van der Waals surface area contributed by atoms with Crippen molar-refractivity contribution in [3.63, 3.8) is 0 Å². The van der Waals surface area contributed by atoms with Gasteiger partial charge in [0.15, 0.2) is 6.61 Å². The van der Waals surface area contributed by atoms with Crippen molar-refractivity contribution in [1.82, 2.24) is 4.31 Å². The van der Waals surface area contributed by atoms with E-state index in [1.807, 2.05) is 0 Å². The molecule has 1 aliphatic rings. The van der Waals surface area contributed by atoms with Crippen molar-refractivity contribution in [2.75, 3.05) is 25.0 Å². The Morgan fingerprint density at radius 3 is 2.48 bits per heavy atom. The van der Waals surface area contributed by atoms with Crippen LogP contribution >= 0.6 is 11.3 Å². The fraction of sp³-hybridized carbons (Fsp3) is 0.400. The number of hydrogen-bond acceptors (Lipinski definition) is 6. The lowest BCUT2D eigenvalue weighted by Gasteiger charge is -2.26. The maximum Gasteiger partial charge on any atom is 0.349 e. The lowest BCUT2D eigenvalue weighted by molar-refractivity contribution is -0.119. The molecule has 3 rings (SSSR count). The summed E-state index contributed by atoms with van der Waals surface area (Å²) in [6.07, 6.45) is 2.73. The Hall–Kier alpha value is -2.23. The van der Waals surface area contributed by atoms with Crippen molar-refractivity contribution >= 4 is 38.9 Å². The number of ether oxygens (including phenoxy) is 1. The van der Waals surface area contributed by atoms with Gasteiger partial charge in [0.05, 0.1) is 4.90 Å². The van der Waals surface area contributed by atoms with Crippen LogP contribution in [0.1, 0.15) is 40.1 Å². The molecule has 7 nitrogen and oxygen atoms in total. The van der Waals surface area contributed by atoms with Gasteiger partial charge in [-0.05, 0) is 61.4 Å². The number of esters is 1. The number of thiophene rings is 1. The molecule has 2 aromatic rings. The predicted octanol–water partition coefficient (Wildman–Crippen LogP) is 3.34. The van der Waals surface area contributed by atoms with E-state index in [0.717, 1.165) is 30.4 Å². The number of rotatable bonds is 6. The average molecular weight is 437 g/mol. The third kappa shape index (κ3) is 5.04. The number of carbonyl (C=O) groups excluding carboxylic acids is 2. The van der Waals surface area contributed by atoms with E-state index in [2.05, 4.69) is 5.32 Å². The van der Waals surface area contributed by atoms with E-state index in [1.54, 1.807) is 37.4 Å². The van der Waals surface area contributed by atoms with E-state index in [-0.39, 0.29) is 4.90 Å². The van der Waals surface area contributed by atoms with Gasteiger partial charge in [-0.1, -0.05) is 12.5 Å². The molecule has 1 aliphatic heterocycles. The van der Waals surface area contributed by atoms with Gasteiger partial charge >= 0.3 is 5.97 Å². The van der Waals surface area contributed by atoms with Crippen molar-refractivity contribution in [3.8, 4) is 0 Å². The SMILES string of the molecule is Cc1ccc(S(=O)(=O)N2CCCCC2)cc1NC(=O)COC(=O)c1sccc1C. The summed E-state index contributed by atoms with van der Waals surface area (Å²) in [6.45, 7) is 4.14. The van der Waals surface area contributed by atoms with Crippen LogP contribution in [0.3, 0.4) is 0 Å². The summed E-state index contributed by atoms with van der Waals surface area (Å²) in [5, 5.41) is 4.43. The maximum atomic E-state index is 12.9. The molecule has 0 unspecified atom stereocenters. The summed E-state index contributed by atoms with van der Waals surface area (Å²) in [5.74, 6) is -1.08. The Balaban J connectivity index is 1.67. The van der Waals surface area contributed by atoms with Crippen molar-refractivity contribution in [2.45, 2.75) is 38.0 Å². The lowest BCUT2D eigenvalue weighted by atomic mass is 10.2. The summed E-state index contributed by atoms with van der Waals surface area (Å²) < 4.78 is 32.3. The number of aryl methyl sites for hydroxylation is 2. The first-order valence-electron chi connectivity index (χ1n) is 9.41. The number of carbonyl (C=O) groups is 2. The van der Waals surface area contributed by atoms with Gasteiger partial charge in [0.1, 0.15) is 4.88 Å². The van der Waals surface area contributed by atoms with Gasteiger partial charge in [-0.3, -0.25) is 4.79 Å². The predicted molar refractivity (Wildman–Crippen MR) is 112 cm³/mol. The normalized spacial score (nSPS) is 15.1. The van der Waals surface area contributed by atoms with Crippen LogP contribution < -0.4 is 5.32 Å². The molecule has 1 saturated heterocycles. The first-order chi connectivity index (χ1) is 13.8. The summed E-state index contributed by atoms with van der Waals surface area (Å²) in [6, 6.07) is 6.48. The number of amides is 1. The second-order valence-corrected chi connectivity index (χ2v) is 9.85. The molecule has 1 aromatic heterocycles. The van der Waals surface area contributed by atoms with Gasteiger partial charge in [-0.15, -0.1) is 11.3 Å². The summed E-state index contributed by atoms with van der Waals surface area (Å²) >= 11 is 1.26. The fourth-order valence-electron chi connectivity index (χ4n) is 3.12. The molecule has 1 fully saturated rings. The molecule has 1 N–H and O–H groups in total. The molecule has 1 amide bonds. The summed E-state index contributed by atoms with van der Waals surface area (Å²) in [5.41, 5.74) is 1.90. The molecule has 156 valence electrons. The molecule has 0 radical (unpaired) electrons. The quantitative estimate of drug-likeness (QED) is 0.701. The zero-order valence-electron chi connectivity index (χ0n) is 16.4. The van der Waals surface area contributed by atoms with Crippen LogP contribution in [0.5, 0.6) is 0 Å². The van der Waals surface area contributed by atoms with Crippen LogP contribution in [0.4, 0.5) is 5.69 Å². The van der Waals surface area contributed by atoms with E-state index in [9.17, 15) is 18.0 Å². The molecule has 29 heavy (non-hydrogen) atoms. The number of piperidine rings is 1. The molecule has 0 atom stereocenters. The van der Waals surface area contributed by atoms with E-state index in [1.165, 1.54) is 21.7 Å². The zero-order valence-corrected chi connectivity index (χ0v) is 18.1. The second-order valence-electron chi connectivity index (χ2n) is 7.00. The Kier molecular flexibility index (Phi) is 6.71. The molecule has 0 bridgehead atoms. The van der Waals surface area contributed by atoms with Crippen molar-refractivity contribution < 1.29 is 22.7 Å². The molecule has 0 aliphatic carbocycles. The van der Waals surface area contributed by atoms with E-state index in [4.69, 9.17) is 4.74 Å². The number of nitrogens with one attached hydrogen (secondary N) is 1. The minimum Gasteiger partial charge on any atom is -0.451 e. The van der Waals surface area contributed by atoms with Gasteiger partial charge in [0.25, 0.3) is 5.91 Å². The first kappa shape index (κ1) is 21.5. The average Bonchev–Trinajstić information content (AvgIpc) is 3.14.